The normalized spacial score (nSPS) is 11.8. The molecule has 1 atom stereocenters. The van der Waals surface area contributed by atoms with E-state index in [1.54, 1.807) is 25.3 Å². The van der Waals surface area contributed by atoms with Crippen molar-refractivity contribution in [1.82, 2.24) is 0 Å². The van der Waals surface area contributed by atoms with Crippen molar-refractivity contribution in [1.29, 1.82) is 5.26 Å². The van der Waals surface area contributed by atoms with Gasteiger partial charge in [-0.05, 0) is 24.6 Å². The number of benzene rings is 1. The summed E-state index contributed by atoms with van der Waals surface area (Å²) in [5.74, 6) is 0. The third-order valence-corrected chi connectivity index (χ3v) is 2.39. The van der Waals surface area contributed by atoms with Crippen LogP contribution in [0.25, 0.3) is 0 Å². The van der Waals surface area contributed by atoms with Crippen LogP contribution in [0.2, 0.25) is 0 Å². The Balaban J connectivity index is 2.72. The molecule has 0 bridgehead atoms. The lowest BCUT2D eigenvalue weighted by atomic mass is 10.1. The summed E-state index contributed by atoms with van der Waals surface area (Å²) < 4.78 is 5.05. The zero-order chi connectivity index (χ0) is 12.7. The fourth-order valence-electron chi connectivity index (χ4n) is 1.54. The number of hydrogen-bond donors (Lipinski definition) is 3. The molecule has 5 nitrogen and oxygen atoms in total. The van der Waals surface area contributed by atoms with Gasteiger partial charge in [-0.3, -0.25) is 0 Å². The van der Waals surface area contributed by atoms with Crippen LogP contribution in [0.5, 0.6) is 0 Å². The zero-order valence-corrected chi connectivity index (χ0v) is 9.81. The van der Waals surface area contributed by atoms with Gasteiger partial charge in [-0.15, -0.1) is 0 Å². The summed E-state index contributed by atoms with van der Waals surface area (Å²) in [6.07, 6.45) is 0.591. The van der Waals surface area contributed by atoms with Gasteiger partial charge in [-0.1, -0.05) is 0 Å². The summed E-state index contributed by atoms with van der Waals surface area (Å²) in [5.41, 5.74) is 7.43. The van der Waals surface area contributed by atoms with Crippen molar-refractivity contribution in [3.05, 3.63) is 23.8 Å². The lowest BCUT2D eigenvalue weighted by Gasteiger charge is -2.18. The second-order valence-corrected chi connectivity index (χ2v) is 3.72. The first-order chi connectivity index (χ1) is 8.21. The Hall–Kier alpha value is -1.77. The SMILES string of the molecule is COCC(CCO)Nc1ccc(C#N)c(N)c1. The third kappa shape index (κ3) is 3.94. The van der Waals surface area contributed by atoms with Crippen LogP contribution in [-0.2, 0) is 4.74 Å². The number of rotatable bonds is 6. The van der Waals surface area contributed by atoms with E-state index in [9.17, 15) is 0 Å². The van der Waals surface area contributed by atoms with Crippen molar-refractivity contribution >= 4 is 11.4 Å². The largest absolute Gasteiger partial charge is 0.398 e. The number of aliphatic hydroxyl groups excluding tert-OH is 1. The molecule has 92 valence electrons. The average molecular weight is 235 g/mol. The average Bonchev–Trinajstić information content (AvgIpc) is 2.30. The van der Waals surface area contributed by atoms with E-state index < -0.39 is 0 Å². The molecule has 0 radical (unpaired) electrons. The number of anilines is 2. The Morgan fingerprint density at radius 3 is 2.88 bits per heavy atom. The lowest BCUT2D eigenvalue weighted by molar-refractivity contribution is 0.170. The van der Waals surface area contributed by atoms with Gasteiger partial charge in [0.2, 0.25) is 0 Å². The number of aliphatic hydroxyl groups is 1. The molecule has 17 heavy (non-hydrogen) atoms. The van der Waals surface area contributed by atoms with E-state index >= 15 is 0 Å². The van der Waals surface area contributed by atoms with E-state index in [1.165, 1.54) is 0 Å². The van der Waals surface area contributed by atoms with Crippen LogP contribution in [0.15, 0.2) is 18.2 Å². The lowest BCUT2D eigenvalue weighted by Crippen LogP contribution is -2.26. The van der Waals surface area contributed by atoms with Crippen LogP contribution in [0, 0.1) is 11.3 Å². The summed E-state index contributed by atoms with van der Waals surface area (Å²) >= 11 is 0. The van der Waals surface area contributed by atoms with Crippen molar-refractivity contribution in [2.45, 2.75) is 12.5 Å². The molecule has 5 heteroatoms. The molecule has 0 aliphatic carbocycles. The first kappa shape index (κ1) is 13.3. The smallest absolute Gasteiger partial charge is 0.101 e. The molecule has 1 aromatic rings. The van der Waals surface area contributed by atoms with Gasteiger partial charge in [0.1, 0.15) is 6.07 Å². The van der Waals surface area contributed by atoms with E-state index in [-0.39, 0.29) is 12.6 Å². The van der Waals surface area contributed by atoms with Crippen LogP contribution in [0.3, 0.4) is 0 Å². The van der Waals surface area contributed by atoms with Crippen molar-refractivity contribution in [3.63, 3.8) is 0 Å². The Labute approximate surface area is 101 Å². The van der Waals surface area contributed by atoms with Gasteiger partial charge in [0, 0.05) is 19.4 Å². The molecule has 0 amide bonds. The molecule has 0 saturated carbocycles. The van der Waals surface area contributed by atoms with Gasteiger partial charge in [0.25, 0.3) is 0 Å². The first-order valence-corrected chi connectivity index (χ1v) is 5.37. The molecular weight excluding hydrogens is 218 g/mol. The highest BCUT2D eigenvalue weighted by molar-refractivity contribution is 5.62. The summed E-state index contributed by atoms with van der Waals surface area (Å²) in [4.78, 5) is 0. The van der Waals surface area contributed by atoms with Crippen molar-refractivity contribution in [3.8, 4) is 6.07 Å². The second-order valence-electron chi connectivity index (χ2n) is 3.72. The number of nitrogens with zero attached hydrogens (tertiary/aromatic N) is 1. The summed E-state index contributed by atoms with van der Waals surface area (Å²) in [6, 6.07) is 7.19. The number of nitrogens with one attached hydrogen (secondary N) is 1. The highest BCUT2D eigenvalue weighted by Crippen LogP contribution is 2.18. The number of ether oxygens (including phenoxy) is 1. The van der Waals surface area contributed by atoms with E-state index in [0.29, 0.717) is 24.3 Å². The molecule has 1 rings (SSSR count). The molecule has 1 aromatic carbocycles. The van der Waals surface area contributed by atoms with E-state index in [2.05, 4.69) is 5.32 Å². The predicted octanol–water partition coefficient (Wildman–Crippen LogP) is 0.950. The first-order valence-electron chi connectivity index (χ1n) is 5.37. The Bertz CT molecular complexity index is 395. The molecule has 0 spiro atoms. The minimum absolute atomic E-state index is 0.0253. The number of nitrogen functional groups attached to an aromatic ring is 1. The number of nitrogens with two attached hydrogens (primary N) is 1. The summed E-state index contributed by atoms with van der Waals surface area (Å²) in [5, 5.41) is 20.9. The van der Waals surface area contributed by atoms with Crippen LogP contribution in [0.4, 0.5) is 11.4 Å². The van der Waals surface area contributed by atoms with Crippen LogP contribution in [0.1, 0.15) is 12.0 Å². The third-order valence-electron chi connectivity index (χ3n) is 2.39. The fraction of sp³-hybridized carbons (Fsp3) is 0.417. The van der Waals surface area contributed by atoms with Gasteiger partial charge in [0.05, 0.1) is 23.9 Å². The molecule has 0 fully saturated rings. The maximum atomic E-state index is 8.91. The minimum atomic E-state index is 0.0253. The number of hydrogen-bond acceptors (Lipinski definition) is 5. The molecule has 0 aliphatic rings. The molecular formula is C12H17N3O2. The Kier molecular flexibility index (Phi) is 5.27. The molecule has 0 aromatic heterocycles. The zero-order valence-electron chi connectivity index (χ0n) is 9.81. The molecule has 0 aliphatic heterocycles. The van der Waals surface area contributed by atoms with Gasteiger partial charge in [-0.25, -0.2) is 0 Å². The van der Waals surface area contributed by atoms with Crippen LogP contribution < -0.4 is 11.1 Å². The second kappa shape index (κ2) is 6.74. The van der Waals surface area contributed by atoms with Gasteiger partial charge in [-0.2, -0.15) is 5.26 Å². The molecule has 0 saturated heterocycles. The van der Waals surface area contributed by atoms with E-state index in [1.807, 2.05) is 6.07 Å². The molecule has 4 N–H and O–H groups in total. The van der Waals surface area contributed by atoms with Gasteiger partial charge >= 0.3 is 0 Å². The van der Waals surface area contributed by atoms with Crippen molar-refractivity contribution < 1.29 is 9.84 Å². The molecule has 0 heterocycles. The van der Waals surface area contributed by atoms with Crippen molar-refractivity contribution in [2.24, 2.45) is 0 Å². The Morgan fingerprint density at radius 1 is 1.59 bits per heavy atom. The number of methoxy groups -OCH3 is 1. The number of nitriles is 1. The van der Waals surface area contributed by atoms with Gasteiger partial charge in [0.15, 0.2) is 0 Å². The maximum Gasteiger partial charge on any atom is 0.101 e. The standard InChI is InChI=1S/C12H17N3O2/c1-17-8-11(4-5-16)15-10-3-2-9(7-13)12(14)6-10/h2-3,6,11,15-16H,4-5,8,14H2,1H3. The highest BCUT2D eigenvalue weighted by Gasteiger charge is 2.08. The highest BCUT2D eigenvalue weighted by atomic mass is 16.5. The van der Waals surface area contributed by atoms with Gasteiger partial charge < -0.3 is 20.9 Å². The van der Waals surface area contributed by atoms with Crippen LogP contribution in [-0.4, -0.2) is 31.5 Å². The maximum absolute atomic E-state index is 8.91. The summed E-state index contributed by atoms with van der Waals surface area (Å²) in [7, 11) is 1.61. The topological polar surface area (TPSA) is 91.3 Å². The quantitative estimate of drug-likeness (QED) is 0.638. The minimum Gasteiger partial charge on any atom is -0.398 e. The van der Waals surface area contributed by atoms with Crippen LogP contribution >= 0.6 is 0 Å². The Morgan fingerprint density at radius 2 is 2.35 bits per heavy atom. The van der Waals surface area contributed by atoms with E-state index in [0.717, 1.165) is 5.69 Å². The monoisotopic (exact) mass is 235 g/mol. The predicted molar refractivity (Wildman–Crippen MR) is 66.6 cm³/mol. The van der Waals surface area contributed by atoms with Crippen molar-refractivity contribution in [2.75, 3.05) is 31.4 Å². The summed E-state index contributed by atoms with van der Waals surface area (Å²) in [6.45, 7) is 0.591. The van der Waals surface area contributed by atoms with E-state index in [4.69, 9.17) is 20.8 Å². The fourth-order valence-corrected chi connectivity index (χ4v) is 1.54. The molecule has 1 unspecified atom stereocenters.